The number of rotatable bonds is 3. The van der Waals surface area contributed by atoms with Crippen molar-refractivity contribution in [2.45, 2.75) is 44.6 Å². The SMILES string of the molecule is COc1ccccc1CC1CC[C@H]2C3=C1CC=C1C=CCCC1N3C1=CC=NC[C@@H]12.Cl. The Labute approximate surface area is 191 Å². The van der Waals surface area contributed by atoms with Crippen LogP contribution in [0.5, 0.6) is 5.75 Å². The second-order valence-electron chi connectivity index (χ2n) is 9.29. The second kappa shape index (κ2) is 8.35. The lowest BCUT2D eigenvalue weighted by molar-refractivity contribution is 0.316. The molecule has 0 aromatic heterocycles. The van der Waals surface area contributed by atoms with Crippen LogP contribution in [0.3, 0.4) is 0 Å². The number of aliphatic imine (C=N–C) groups is 1. The van der Waals surface area contributed by atoms with Crippen LogP contribution in [0.1, 0.15) is 37.7 Å². The molecule has 2 unspecified atom stereocenters. The number of dihydropyridines is 1. The van der Waals surface area contributed by atoms with E-state index in [4.69, 9.17) is 4.74 Å². The highest BCUT2D eigenvalue weighted by atomic mass is 35.5. The smallest absolute Gasteiger partial charge is 0.122 e. The first kappa shape index (κ1) is 20.6. The van der Waals surface area contributed by atoms with Crippen LogP contribution in [-0.4, -0.2) is 30.8 Å². The largest absolute Gasteiger partial charge is 0.496 e. The van der Waals surface area contributed by atoms with Crippen LogP contribution < -0.4 is 4.74 Å². The second-order valence-corrected chi connectivity index (χ2v) is 9.29. The van der Waals surface area contributed by atoms with Crippen LogP contribution in [0.2, 0.25) is 0 Å². The van der Waals surface area contributed by atoms with Gasteiger partial charge >= 0.3 is 0 Å². The number of hydrogen-bond acceptors (Lipinski definition) is 3. The van der Waals surface area contributed by atoms with Gasteiger partial charge in [-0.05, 0) is 73.3 Å². The average molecular weight is 435 g/mol. The highest BCUT2D eigenvalue weighted by Gasteiger charge is 2.49. The maximum atomic E-state index is 5.68. The van der Waals surface area contributed by atoms with Crippen molar-refractivity contribution in [3.8, 4) is 5.75 Å². The van der Waals surface area contributed by atoms with Gasteiger partial charge in [0, 0.05) is 36.0 Å². The van der Waals surface area contributed by atoms with Crippen molar-refractivity contribution in [3.05, 3.63) is 76.7 Å². The van der Waals surface area contributed by atoms with E-state index in [1.165, 1.54) is 42.5 Å². The number of halogens is 1. The van der Waals surface area contributed by atoms with E-state index >= 15 is 0 Å². The fourth-order valence-corrected chi connectivity index (χ4v) is 6.56. The number of benzene rings is 1. The molecule has 0 saturated carbocycles. The zero-order valence-corrected chi connectivity index (χ0v) is 19.0. The van der Waals surface area contributed by atoms with Gasteiger partial charge in [0.25, 0.3) is 0 Å². The molecule has 4 heteroatoms. The highest BCUT2D eigenvalue weighted by Crippen LogP contribution is 2.55. The molecule has 2 aliphatic carbocycles. The van der Waals surface area contributed by atoms with E-state index in [2.05, 4.69) is 58.5 Å². The van der Waals surface area contributed by atoms with E-state index in [9.17, 15) is 0 Å². The number of fused-ring (bicyclic) bond motifs is 5. The lowest BCUT2D eigenvalue weighted by Crippen LogP contribution is -2.35. The quantitative estimate of drug-likeness (QED) is 0.592. The van der Waals surface area contributed by atoms with Gasteiger partial charge in [-0.15, -0.1) is 12.4 Å². The summed E-state index contributed by atoms with van der Waals surface area (Å²) in [5.74, 6) is 2.85. The van der Waals surface area contributed by atoms with Crippen molar-refractivity contribution in [1.29, 1.82) is 0 Å². The Bertz CT molecular complexity index is 1020. The molecule has 5 aliphatic rings. The summed E-state index contributed by atoms with van der Waals surface area (Å²) in [6.45, 7) is 0.961. The molecule has 0 radical (unpaired) electrons. The van der Waals surface area contributed by atoms with Crippen molar-refractivity contribution in [3.63, 3.8) is 0 Å². The van der Waals surface area contributed by atoms with E-state index in [0.717, 1.165) is 25.1 Å². The molecule has 3 heterocycles. The standard InChI is InChI=1S/C27H30N2O.ClH/c1-30-26-9-5-3-7-20(26)16-19-11-13-22-23-17-28-15-14-25(23)29-24-8-4-2-6-18(24)10-12-21(19)27(22)29;/h2-3,5-7,9-10,14-15,19,22-24H,4,8,11-13,16-17H2,1H3;1H/t19?,22-,23-,24?;/m1./s1. The van der Waals surface area contributed by atoms with Crippen LogP contribution in [0.15, 0.2) is 76.1 Å². The first-order chi connectivity index (χ1) is 14.8. The Morgan fingerprint density at radius 1 is 1.13 bits per heavy atom. The van der Waals surface area contributed by atoms with Gasteiger partial charge in [0.2, 0.25) is 0 Å². The Morgan fingerprint density at radius 2 is 2.03 bits per heavy atom. The molecule has 1 fully saturated rings. The topological polar surface area (TPSA) is 24.8 Å². The van der Waals surface area contributed by atoms with Gasteiger partial charge in [-0.1, -0.05) is 36.4 Å². The summed E-state index contributed by atoms with van der Waals surface area (Å²) in [4.78, 5) is 7.44. The van der Waals surface area contributed by atoms with Crippen molar-refractivity contribution in [2.24, 2.45) is 22.7 Å². The first-order valence-corrected chi connectivity index (χ1v) is 11.6. The van der Waals surface area contributed by atoms with Crippen LogP contribution in [0.4, 0.5) is 0 Å². The number of ether oxygens (including phenoxy) is 1. The van der Waals surface area contributed by atoms with Crippen LogP contribution in [-0.2, 0) is 6.42 Å². The predicted octanol–water partition coefficient (Wildman–Crippen LogP) is 5.89. The number of nitrogens with zero attached hydrogens (tertiary/aromatic N) is 2. The van der Waals surface area contributed by atoms with E-state index < -0.39 is 0 Å². The molecule has 162 valence electrons. The van der Waals surface area contributed by atoms with Crippen molar-refractivity contribution in [1.82, 2.24) is 4.90 Å². The molecule has 31 heavy (non-hydrogen) atoms. The monoisotopic (exact) mass is 434 g/mol. The minimum absolute atomic E-state index is 0. The van der Waals surface area contributed by atoms with Gasteiger partial charge in [0.05, 0.1) is 13.2 Å². The minimum Gasteiger partial charge on any atom is -0.496 e. The van der Waals surface area contributed by atoms with Crippen LogP contribution in [0.25, 0.3) is 0 Å². The molecule has 4 atom stereocenters. The lowest BCUT2D eigenvalue weighted by Gasteiger charge is -2.38. The molecule has 0 spiro atoms. The molecule has 0 N–H and O–H groups in total. The maximum Gasteiger partial charge on any atom is 0.122 e. The Balaban J connectivity index is 0.00000204. The maximum absolute atomic E-state index is 5.68. The fraction of sp³-hybridized carbons (Fsp3) is 0.444. The first-order valence-electron chi connectivity index (χ1n) is 11.6. The van der Waals surface area contributed by atoms with Crippen molar-refractivity contribution < 1.29 is 4.74 Å². The predicted molar refractivity (Wildman–Crippen MR) is 129 cm³/mol. The molecular weight excluding hydrogens is 404 g/mol. The molecule has 1 aromatic carbocycles. The van der Waals surface area contributed by atoms with E-state index in [-0.39, 0.29) is 12.4 Å². The third-order valence-corrected chi connectivity index (χ3v) is 7.89. The van der Waals surface area contributed by atoms with Gasteiger partial charge in [-0.2, -0.15) is 0 Å². The summed E-state index contributed by atoms with van der Waals surface area (Å²) < 4.78 is 5.68. The highest BCUT2D eigenvalue weighted by molar-refractivity contribution is 5.85. The van der Waals surface area contributed by atoms with E-state index in [1.54, 1.807) is 18.4 Å². The summed E-state index contributed by atoms with van der Waals surface area (Å²) in [5.41, 5.74) is 7.75. The summed E-state index contributed by atoms with van der Waals surface area (Å²) >= 11 is 0. The van der Waals surface area contributed by atoms with E-state index in [0.29, 0.717) is 23.8 Å². The van der Waals surface area contributed by atoms with Crippen LogP contribution >= 0.6 is 12.4 Å². The number of hydrogen-bond donors (Lipinski definition) is 0. The Kier molecular flexibility index (Phi) is 5.56. The number of para-hydroxylation sites is 1. The molecule has 3 aliphatic heterocycles. The third kappa shape index (κ3) is 3.29. The van der Waals surface area contributed by atoms with E-state index in [1.807, 2.05) is 6.21 Å². The van der Waals surface area contributed by atoms with Crippen LogP contribution in [0, 0.1) is 17.8 Å². The normalized spacial score (nSPS) is 30.4. The molecule has 6 rings (SSSR count). The van der Waals surface area contributed by atoms with Gasteiger partial charge in [0.1, 0.15) is 5.75 Å². The molecule has 3 nitrogen and oxygen atoms in total. The number of methoxy groups -OCH3 is 1. The van der Waals surface area contributed by atoms with Crippen molar-refractivity contribution >= 4 is 18.6 Å². The third-order valence-electron chi connectivity index (χ3n) is 7.89. The van der Waals surface area contributed by atoms with Gasteiger partial charge in [-0.25, -0.2) is 0 Å². The Morgan fingerprint density at radius 3 is 2.94 bits per heavy atom. The zero-order valence-electron chi connectivity index (χ0n) is 18.2. The lowest BCUT2D eigenvalue weighted by atomic mass is 9.73. The van der Waals surface area contributed by atoms with Gasteiger partial charge in [0.15, 0.2) is 0 Å². The summed E-state index contributed by atoms with van der Waals surface area (Å²) in [5, 5.41) is 0. The number of allylic oxidation sites excluding steroid dienone is 5. The summed E-state index contributed by atoms with van der Waals surface area (Å²) in [7, 11) is 1.79. The summed E-state index contributed by atoms with van der Waals surface area (Å²) in [6, 6.07) is 9.08. The molecule has 0 amide bonds. The van der Waals surface area contributed by atoms with Gasteiger partial charge in [-0.3, -0.25) is 4.99 Å². The molecule has 1 aromatic rings. The average Bonchev–Trinajstić information content (AvgIpc) is 3.02. The minimum atomic E-state index is 0. The van der Waals surface area contributed by atoms with Crippen molar-refractivity contribution in [2.75, 3.05) is 13.7 Å². The molecule has 1 saturated heterocycles. The fourth-order valence-electron chi connectivity index (χ4n) is 6.56. The molecular formula is C27H31ClN2O. The van der Waals surface area contributed by atoms with Gasteiger partial charge < -0.3 is 9.64 Å². The summed E-state index contributed by atoms with van der Waals surface area (Å²) in [6.07, 6.45) is 18.8. The zero-order chi connectivity index (χ0) is 20.1. The Hall–Kier alpha value is -2.26. The molecule has 0 bridgehead atoms.